The number of nitrogens with two attached hydrogens (primary N) is 1. The molecule has 3 N–H and O–H groups in total. The molecule has 0 bridgehead atoms. The van der Waals surface area contributed by atoms with Crippen LogP contribution in [-0.4, -0.2) is 59.1 Å². The number of hydrogen-bond donors (Lipinski definition) is 2. The van der Waals surface area contributed by atoms with Crippen molar-refractivity contribution >= 4 is 5.78 Å². The third-order valence-electron chi connectivity index (χ3n) is 5.26. The van der Waals surface area contributed by atoms with E-state index in [0.29, 0.717) is 38.3 Å². The van der Waals surface area contributed by atoms with Crippen LogP contribution in [0.3, 0.4) is 0 Å². The molecule has 7 nitrogen and oxygen atoms in total. The summed E-state index contributed by atoms with van der Waals surface area (Å²) in [6, 6.07) is -0.660. The van der Waals surface area contributed by atoms with Crippen LogP contribution in [0.25, 0.3) is 0 Å². The molecule has 0 aromatic carbocycles. The molecular weight excluding hydrogens is 298 g/mol. The smallest absolute Gasteiger partial charge is 0.150 e. The van der Waals surface area contributed by atoms with Crippen molar-refractivity contribution in [3.05, 3.63) is 5.21 Å². The van der Waals surface area contributed by atoms with Crippen LogP contribution < -0.4 is 5.73 Å². The molecule has 0 amide bonds. The molecule has 7 heteroatoms. The van der Waals surface area contributed by atoms with Crippen LogP contribution in [0, 0.1) is 17.0 Å². The molecule has 0 aromatic heterocycles. The van der Waals surface area contributed by atoms with E-state index in [4.69, 9.17) is 10.5 Å². The third-order valence-corrected chi connectivity index (χ3v) is 5.26. The molecule has 1 aliphatic carbocycles. The molecule has 1 saturated heterocycles. The van der Waals surface area contributed by atoms with Crippen LogP contribution in [0.5, 0.6) is 0 Å². The first-order valence-electron chi connectivity index (χ1n) is 8.71. The summed E-state index contributed by atoms with van der Waals surface area (Å²) in [6.45, 7) is 5.73. The highest BCUT2D eigenvalue weighted by Gasteiger charge is 2.36. The summed E-state index contributed by atoms with van der Waals surface area (Å²) in [5.41, 5.74) is 6.14. The standard InChI is InChI=1S/C16H30N3O4/c1-3-23-15-5-4-12(9-13(15)19(21)22)14(20)10-18-7-6-11(2)8-16(18)17/h11-13,15-16,21H,3-10,17H2,1-2H3/q-1. The average molecular weight is 328 g/mol. The summed E-state index contributed by atoms with van der Waals surface area (Å²) >= 11 is 0. The largest absolute Gasteiger partial charge is 0.762 e. The number of rotatable bonds is 6. The van der Waals surface area contributed by atoms with Crippen LogP contribution in [-0.2, 0) is 9.53 Å². The van der Waals surface area contributed by atoms with Crippen molar-refractivity contribution in [2.24, 2.45) is 17.6 Å². The molecule has 0 aromatic rings. The van der Waals surface area contributed by atoms with Gasteiger partial charge in [-0.1, -0.05) is 6.92 Å². The van der Waals surface area contributed by atoms with Gasteiger partial charge in [-0.25, -0.2) is 0 Å². The predicted molar refractivity (Wildman–Crippen MR) is 86.5 cm³/mol. The average Bonchev–Trinajstić information content (AvgIpc) is 2.50. The topological polar surface area (TPSA) is 102 Å². The fraction of sp³-hybridized carbons (Fsp3) is 0.938. The number of likely N-dealkylation sites (tertiary alicyclic amines) is 1. The first kappa shape index (κ1) is 18.8. The maximum absolute atomic E-state index is 12.6. The Morgan fingerprint density at radius 3 is 2.74 bits per heavy atom. The molecular formula is C16H30N3O4-. The molecule has 1 saturated carbocycles. The van der Waals surface area contributed by atoms with Gasteiger partial charge in [-0.15, -0.1) is 0 Å². The molecule has 1 heterocycles. The van der Waals surface area contributed by atoms with Gasteiger partial charge in [-0.05, 0) is 44.9 Å². The number of hydroxylamine groups is 2. The third kappa shape index (κ3) is 4.95. The summed E-state index contributed by atoms with van der Waals surface area (Å²) in [4.78, 5) is 14.6. The highest BCUT2D eigenvalue weighted by Crippen LogP contribution is 2.30. The van der Waals surface area contributed by atoms with E-state index in [1.165, 1.54) is 0 Å². The lowest BCUT2D eigenvalue weighted by atomic mass is 9.81. The second kappa shape index (κ2) is 8.50. The van der Waals surface area contributed by atoms with Crippen LogP contribution in [0.15, 0.2) is 0 Å². The van der Waals surface area contributed by atoms with Crippen molar-refractivity contribution < 1.29 is 14.7 Å². The van der Waals surface area contributed by atoms with Crippen molar-refractivity contribution in [2.45, 2.75) is 64.3 Å². The van der Waals surface area contributed by atoms with E-state index < -0.39 is 6.04 Å². The van der Waals surface area contributed by atoms with Gasteiger partial charge < -0.3 is 20.9 Å². The van der Waals surface area contributed by atoms with Gasteiger partial charge in [-0.3, -0.25) is 14.9 Å². The molecule has 0 spiro atoms. The molecule has 5 atom stereocenters. The lowest BCUT2D eigenvalue weighted by Crippen LogP contribution is -2.51. The van der Waals surface area contributed by atoms with Crippen molar-refractivity contribution in [3.8, 4) is 0 Å². The number of piperidine rings is 1. The monoisotopic (exact) mass is 328 g/mol. The minimum Gasteiger partial charge on any atom is -0.762 e. The van der Waals surface area contributed by atoms with E-state index in [9.17, 15) is 15.2 Å². The molecule has 0 radical (unpaired) electrons. The van der Waals surface area contributed by atoms with Gasteiger partial charge in [0.15, 0.2) is 0 Å². The first-order valence-corrected chi connectivity index (χ1v) is 8.71. The van der Waals surface area contributed by atoms with Crippen molar-refractivity contribution in [2.75, 3.05) is 19.7 Å². The SMILES string of the molecule is CCOC1CCC(C(=O)CN2CCC(C)CC2N)CC1N([O-])O. The summed E-state index contributed by atoms with van der Waals surface area (Å²) in [5, 5.41) is 20.7. The van der Waals surface area contributed by atoms with Crippen LogP contribution in [0.4, 0.5) is 0 Å². The van der Waals surface area contributed by atoms with Crippen LogP contribution in [0.1, 0.15) is 46.0 Å². The van der Waals surface area contributed by atoms with Crippen molar-refractivity contribution in [3.63, 3.8) is 0 Å². The van der Waals surface area contributed by atoms with Gasteiger partial charge in [-0.2, -0.15) is 0 Å². The van der Waals surface area contributed by atoms with Gasteiger partial charge in [0.2, 0.25) is 0 Å². The predicted octanol–water partition coefficient (Wildman–Crippen LogP) is 1.34. The van der Waals surface area contributed by atoms with E-state index in [-0.39, 0.29) is 29.2 Å². The van der Waals surface area contributed by atoms with E-state index in [1.54, 1.807) is 0 Å². The fourth-order valence-electron chi connectivity index (χ4n) is 3.81. The summed E-state index contributed by atoms with van der Waals surface area (Å²) < 4.78 is 5.52. The van der Waals surface area contributed by atoms with Crippen LogP contribution in [0.2, 0.25) is 0 Å². The molecule has 2 fully saturated rings. The van der Waals surface area contributed by atoms with Gasteiger partial charge in [0.1, 0.15) is 5.78 Å². The van der Waals surface area contributed by atoms with E-state index in [1.807, 2.05) is 11.8 Å². The Labute approximate surface area is 138 Å². The zero-order valence-corrected chi connectivity index (χ0v) is 14.2. The summed E-state index contributed by atoms with van der Waals surface area (Å²) in [6.07, 6.45) is 3.29. The molecule has 1 aliphatic heterocycles. The maximum Gasteiger partial charge on any atom is 0.150 e. The maximum atomic E-state index is 12.6. The number of carbonyl (C=O) groups is 1. The highest BCUT2D eigenvalue weighted by molar-refractivity contribution is 5.83. The zero-order chi connectivity index (χ0) is 17.0. The Kier molecular flexibility index (Phi) is 6.94. The van der Waals surface area contributed by atoms with Crippen LogP contribution >= 0.6 is 0 Å². The lowest BCUT2D eigenvalue weighted by Gasteiger charge is -2.42. The van der Waals surface area contributed by atoms with Crippen molar-refractivity contribution in [1.29, 1.82) is 0 Å². The normalized spacial score (nSPS) is 36.3. The minimum absolute atomic E-state index is 0.0337. The number of carbonyl (C=O) groups excluding carboxylic acids is 1. The minimum atomic E-state index is -0.660. The van der Waals surface area contributed by atoms with Gasteiger partial charge in [0.25, 0.3) is 0 Å². The van der Waals surface area contributed by atoms with E-state index >= 15 is 0 Å². The molecule has 2 aliphatic rings. The van der Waals surface area contributed by atoms with E-state index in [2.05, 4.69) is 6.92 Å². The van der Waals surface area contributed by atoms with Gasteiger partial charge in [0.05, 0.1) is 18.8 Å². The Balaban J connectivity index is 1.90. The molecule has 134 valence electrons. The molecule has 23 heavy (non-hydrogen) atoms. The number of Topliss-reactive ketones (excluding diaryl/α,β-unsaturated/α-hetero) is 1. The Morgan fingerprint density at radius 1 is 1.39 bits per heavy atom. The summed E-state index contributed by atoms with van der Waals surface area (Å²) in [7, 11) is 0. The lowest BCUT2D eigenvalue weighted by molar-refractivity contribution is -0.152. The summed E-state index contributed by atoms with van der Waals surface area (Å²) in [5.74, 6) is 0.523. The quantitative estimate of drug-likeness (QED) is 0.709. The Morgan fingerprint density at radius 2 is 2.13 bits per heavy atom. The van der Waals surface area contributed by atoms with Gasteiger partial charge >= 0.3 is 0 Å². The number of hydrogen-bond acceptors (Lipinski definition) is 7. The Bertz CT molecular complexity index is 394. The number of ether oxygens (including phenoxy) is 1. The highest BCUT2D eigenvalue weighted by atomic mass is 16.8. The fourth-order valence-corrected chi connectivity index (χ4v) is 3.81. The molecule has 2 rings (SSSR count). The van der Waals surface area contributed by atoms with E-state index in [0.717, 1.165) is 19.4 Å². The number of ketones is 1. The second-order valence-corrected chi connectivity index (χ2v) is 7.01. The van der Waals surface area contributed by atoms with Crippen molar-refractivity contribution in [1.82, 2.24) is 10.1 Å². The van der Waals surface area contributed by atoms with Gasteiger partial charge in [0, 0.05) is 25.1 Å². The second-order valence-electron chi connectivity index (χ2n) is 7.01. The molecule has 5 unspecified atom stereocenters. The number of nitrogens with zero attached hydrogens (tertiary/aromatic N) is 2. The Hall–Kier alpha value is -0.570. The zero-order valence-electron chi connectivity index (χ0n) is 14.2. The first-order chi connectivity index (χ1) is 10.9.